The van der Waals surface area contributed by atoms with Crippen molar-refractivity contribution in [1.29, 1.82) is 0 Å². The number of nitrogens with zero attached hydrogens (tertiary/aromatic N) is 2. The van der Waals surface area contributed by atoms with E-state index in [0.717, 1.165) is 24.9 Å². The maximum Gasteiger partial charge on any atom is 0.267 e. The SMILES string of the molecule is CC(C)c1ccc(CC(=O)N2CCCC(Oc3ccnc(C(N)=O)c3)C2)cc1. The normalized spacial score (nSPS) is 16.8. The third-order valence-electron chi connectivity index (χ3n) is 5.02. The van der Waals surface area contributed by atoms with Crippen LogP contribution in [-0.4, -0.2) is 40.9 Å². The molecule has 0 spiro atoms. The van der Waals surface area contributed by atoms with Crippen LogP contribution >= 0.6 is 0 Å². The first-order valence-corrected chi connectivity index (χ1v) is 9.71. The zero-order valence-electron chi connectivity index (χ0n) is 16.4. The zero-order valence-corrected chi connectivity index (χ0v) is 16.4. The molecule has 0 bridgehead atoms. The van der Waals surface area contributed by atoms with Crippen LogP contribution in [0.2, 0.25) is 0 Å². The van der Waals surface area contributed by atoms with Crippen molar-refractivity contribution in [3.05, 3.63) is 59.4 Å². The monoisotopic (exact) mass is 381 g/mol. The van der Waals surface area contributed by atoms with Crippen LogP contribution in [0.3, 0.4) is 0 Å². The smallest absolute Gasteiger partial charge is 0.267 e. The highest BCUT2D eigenvalue weighted by Crippen LogP contribution is 2.20. The Hall–Kier alpha value is -2.89. The largest absolute Gasteiger partial charge is 0.488 e. The molecule has 1 saturated heterocycles. The Bertz CT molecular complexity index is 833. The number of carbonyl (C=O) groups excluding carboxylic acids is 2. The minimum Gasteiger partial charge on any atom is -0.488 e. The third kappa shape index (κ3) is 5.09. The van der Waals surface area contributed by atoms with E-state index < -0.39 is 5.91 Å². The number of carbonyl (C=O) groups is 2. The predicted octanol–water partition coefficient (Wildman–Crippen LogP) is 2.92. The summed E-state index contributed by atoms with van der Waals surface area (Å²) in [5, 5.41) is 0. The van der Waals surface area contributed by atoms with Gasteiger partial charge in [-0.2, -0.15) is 0 Å². The first kappa shape index (κ1) is 19.9. The molecule has 1 aromatic heterocycles. The summed E-state index contributed by atoms with van der Waals surface area (Å²) >= 11 is 0. The molecule has 1 aliphatic rings. The van der Waals surface area contributed by atoms with E-state index in [9.17, 15) is 9.59 Å². The lowest BCUT2D eigenvalue weighted by Gasteiger charge is -2.33. The van der Waals surface area contributed by atoms with Crippen LogP contribution in [0.4, 0.5) is 0 Å². The summed E-state index contributed by atoms with van der Waals surface area (Å²) in [6.45, 7) is 5.59. The van der Waals surface area contributed by atoms with Crippen LogP contribution < -0.4 is 10.5 Å². The van der Waals surface area contributed by atoms with Crippen molar-refractivity contribution < 1.29 is 14.3 Å². The standard InChI is InChI=1S/C22H27N3O3/c1-15(2)17-7-5-16(6-8-17)12-21(26)25-11-3-4-19(14-25)28-18-9-10-24-20(13-18)22(23)27/h5-10,13,15,19H,3-4,11-12,14H2,1-2H3,(H2,23,27). The first-order chi connectivity index (χ1) is 13.4. The lowest BCUT2D eigenvalue weighted by atomic mass is 10.0. The average Bonchev–Trinajstić information content (AvgIpc) is 2.69. The highest BCUT2D eigenvalue weighted by atomic mass is 16.5. The van der Waals surface area contributed by atoms with Crippen LogP contribution in [0.25, 0.3) is 0 Å². The highest BCUT2D eigenvalue weighted by molar-refractivity contribution is 5.91. The molecule has 2 heterocycles. The van der Waals surface area contributed by atoms with Crippen LogP contribution in [0.5, 0.6) is 5.75 Å². The molecular formula is C22H27N3O3. The number of amides is 2. The maximum absolute atomic E-state index is 12.7. The van der Waals surface area contributed by atoms with Gasteiger partial charge in [-0.3, -0.25) is 14.6 Å². The Labute approximate surface area is 165 Å². The average molecular weight is 381 g/mol. The van der Waals surface area contributed by atoms with Gasteiger partial charge in [-0.15, -0.1) is 0 Å². The van der Waals surface area contributed by atoms with E-state index in [1.54, 1.807) is 12.1 Å². The van der Waals surface area contributed by atoms with E-state index in [1.165, 1.54) is 11.8 Å². The lowest BCUT2D eigenvalue weighted by Crippen LogP contribution is -2.45. The Morgan fingerprint density at radius 2 is 2.00 bits per heavy atom. The summed E-state index contributed by atoms with van der Waals surface area (Å²) in [5.74, 6) is 0.549. The number of rotatable bonds is 6. The number of ether oxygens (including phenoxy) is 1. The molecule has 2 aromatic rings. The molecule has 2 amide bonds. The molecule has 1 fully saturated rings. The second-order valence-corrected chi connectivity index (χ2v) is 7.54. The molecule has 1 atom stereocenters. The number of piperidine rings is 1. The predicted molar refractivity (Wildman–Crippen MR) is 107 cm³/mol. The molecule has 6 nitrogen and oxygen atoms in total. The van der Waals surface area contributed by atoms with Crippen molar-refractivity contribution in [2.75, 3.05) is 13.1 Å². The third-order valence-corrected chi connectivity index (χ3v) is 5.02. The molecule has 1 unspecified atom stereocenters. The van der Waals surface area contributed by atoms with Crippen molar-refractivity contribution in [3.63, 3.8) is 0 Å². The molecule has 6 heteroatoms. The zero-order chi connectivity index (χ0) is 20.1. The fourth-order valence-electron chi connectivity index (χ4n) is 3.38. The summed E-state index contributed by atoms with van der Waals surface area (Å²) in [4.78, 5) is 29.8. The maximum atomic E-state index is 12.7. The van der Waals surface area contributed by atoms with E-state index in [1.807, 2.05) is 17.0 Å². The Morgan fingerprint density at radius 1 is 1.25 bits per heavy atom. The number of hydrogen-bond donors (Lipinski definition) is 1. The molecule has 1 aliphatic heterocycles. The van der Waals surface area contributed by atoms with E-state index in [2.05, 4.69) is 31.0 Å². The summed E-state index contributed by atoms with van der Waals surface area (Å²) in [6, 6.07) is 11.5. The van der Waals surface area contributed by atoms with E-state index >= 15 is 0 Å². The molecule has 0 saturated carbocycles. The quantitative estimate of drug-likeness (QED) is 0.834. The minimum atomic E-state index is -0.589. The van der Waals surface area contributed by atoms with Crippen LogP contribution in [0, 0.1) is 0 Å². The fourth-order valence-corrected chi connectivity index (χ4v) is 3.38. The number of likely N-dealkylation sites (tertiary alicyclic amines) is 1. The van der Waals surface area contributed by atoms with Crippen molar-refractivity contribution in [2.45, 2.75) is 45.1 Å². The number of primary amides is 1. The van der Waals surface area contributed by atoms with Gasteiger partial charge >= 0.3 is 0 Å². The summed E-state index contributed by atoms with van der Waals surface area (Å²) in [7, 11) is 0. The Balaban J connectivity index is 1.58. The van der Waals surface area contributed by atoms with Gasteiger partial charge in [0.15, 0.2) is 0 Å². The Morgan fingerprint density at radius 3 is 2.68 bits per heavy atom. The topological polar surface area (TPSA) is 85.5 Å². The molecular weight excluding hydrogens is 354 g/mol. The van der Waals surface area contributed by atoms with Gasteiger partial charge in [-0.1, -0.05) is 38.1 Å². The van der Waals surface area contributed by atoms with Crippen molar-refractivity contribution >= 4 is 11.8 Å². The van der Waals surface area contributed by atoms with Gasteiger partial charge < -0.3 is 15.4 Å². The molecule has 0 radical (unpaired) electrons. The number of nitrogens with two attached hydrogens (primary N) is 1. The molecule has 1 aromatic carbocycles. The molecule has 0 aliphatic carbocycles. The van der Waals surface area contributed by atoms with E-state index in [4.69, 9.17) is 10.5 Å². The highest BCUT2D eigenvalue weighted by Gasteiger charge is 2.25. The van der Waals surface area contributed by atoms with Crippen molar-refractivity contribution in [2.24, 2.45) is 5.73 Å². The second kappa shape index (κ2) is 8.87. The molecule has 3 rings (SSSR count). The lowest BCUT2D eigenvalue weighted by molar-refractivity contribution is -0.133. The van der Waals surface area contributed by atoms with Gasteiger partial charge in [0.05, 0.1) is 13.0 Å². The van der Waals surface area contributed by atoms with Gasteiger partial charge in [0.25, 0.3) is 5.91 Å². The summed E-state index contributed by atoms with van der Waals surface area (Å²) < 4.78 is 5.98. The van der Waals surface area contributed by atoms with Gasteiger partial charge in [0.2, 0.25) is 5.91 Å². The van der Waals surface area contributed by atoms with Crippen LogP contribution in [0.1, 0.15) is 54.2 Å². The van der Waals surface area contributed by atoms with Gasteiger partial charge in [0, 0.05) is 18.8 Å². The van der Waals surface area contributed by atoms with Crippen LogP contribution in [0.15, 0.2) is 42.6 Å². The first-order valence-electron chi connectivity index (χ1n) is 9.71. The van der Waals surface area contributed by atoms with E-state index in [0.29, 0.717) is 24.6 Å². The van der Waals surface area contributed by atoms with Crippen molar-refractivity contribution in [1.82, 2.24) is 9.88 Å². The van der Waals surface area contributed by atoms with Gasteiger partial charge in [-0.25, -0.2) is 0 Å². The number of hydrogen-bond acceptors (Lipinski definition) is 4. The fraction of sp³-hybridized carbons (Fsp3) is 0.409. The molecule has 148 valence electrons. The Kier molecular flexibility index (Phi) is 6.29. The number of pyridine rings is 1. The molecule has 28 heavy (non-hydrogen) atoms. The summed E-state index contributed by atoms with van der Waals surface area (Å²) in [5.41, 5.74) is 7.74. The van der Waals surface area contributed by atoms with Crippen molar-refractivity contribution in [3.8, 4) is 5.75 Å². The van der Waals surface area contributed by atoms with Gasteiger partial charge in [-0.05, 0) is 36.0 Å². The number of benzene rings is 1. The minimum absolute atomic E-state index is 0.107. The van der Waals surface area contributed by atoms with E-state index in [-0.39, 0.29) is 17.7 Å². The summed E-state index contributed by atoms with van der Waals surface area (Å²) in [6.07, 6.45) is 3.54. The second-order valence-electron chi connectivity index (χ2n) is 7.54. The number of aromatic nitrogens is 1. The van der Waals surface area contributed by atoms with Gasteiger partial charge in [0.1, 0.15) is 17.5 Å². The molecule has 2 N–H and O–H groups in total. The van der Waals surface area contributed by atoms with Crippen LogP contribution in [-0.2, 0) is 11.2 Å².